The summed E-state index contributed by atoms with van der Waals surface area (Å²) in [6, 6.07) is 9.95. The molecule has 1 rings (SSSR count). The van der Waals surface area contributed by atoms with Crippen LogP contribution in [0.3, 0.4) is 0 Å². The highest BCUT2D eigenvalue weighted by atomic mass is 15.3. The van der Waals surface area contributed by atoms with Gasteiger partial charge in [0, 0.05) is 6.54 Å². The highest BCUT2D eigenvalue weighted by Gasteiger charge is 1.81. The summed E-state index contributed by atoms with van der Waals surface area (Å²) in [5.74, 6) is 0. The third-order valence-corrected chi connectivity index (χ3v) is 1.88. The van der Waals surface area contributed by atoms with E-state index in [9.17, 15) is 0 Å². The number of nitrogens with one attached hydrogen (secondary N) is 1. The van der Waals surface area contributed by atoms with Crippen LogP contribution in [0.4, 0.5) is 0 Å². The summed E-state index contributed by atoms with van der Waals surface area (Å²) < 4.78 is 0. The summed E-state index contributed by atoms with van der Waals surface area (Å²) in [4.78, 5) is 4.14. The van der Waals surface area contributed by atoms with Gasteiger partial charge in [-0.2, -0.15) is 5.10 Å². The smallest absolute Gasteiger partial charge is 0.103 e. The summed E-state index contributed by atoms with van der Waals surface area (Å²) >= 11 is 0. The molecule has 1 N–H and O–H groups in total. The van der Waals surface area contributed by atoms with E-state index in [1.54, 1.807) is 12.6 Å². The van der Waals surface area contributed by atoms with Crippen molar-refractivity contribution in [2.24, 2.45) is 10.1 Å². The first kappa shape index (κ1) is 11.4. The molecule has 0 unspecified atom stereocenters. The largest absolute Gasteiger partial charge is 0.274 e. The first-order chi connectivity index (χ1) is 7.43. The van der Waals surface area contributed by atoms with E-state index in [0.29, 0.717) is 0 Å². The van der Waals surface area contributed by atoms with Gasteiger partial charge in [-0.1, -0.05) is 43.7 Å². The van der Waals surface area contributed by atoms with Crippen molar-refractivity contribution in [3.05, 3.63) is 35.9 Å². The minimum absolute atomic E-state index is 0.865. The van der Waals surface area contributed by atoms with Crippen LogP contribution in [0.15, 0.2) is 40.4 Å². The number of rotatable bonds is 6. The number of unbranched alkanes of at least 4 members (excludes halogenated alkanes) is 1. The minimum atomic E-state index is 0.865. The van der Waals surface area contributed by atoms with E-state index < -0.39 is 0 Å². The Kier molecular flexibility index (Phi) is 5.90. The maximum Gasteiger partial charge on any atom is 0.103 e. The van der Waals surface area contributed by atoms with Gasteiger partial charge in [0.25, 0.3) is 0 Å². The van der Waals surface area contributed by atoms with Gasteiger partial charge in [0.05, 0.1) is 6.21 Å². The Morgan fingerprint density at radius 3 is 2.80 bits per heavy atom. The van der Waals surface area contributed by atoms with Gasteiger partial charge in [-0.25, -0.2) is 0 Å². The van der Waals surface area contributed by atoms with Crippen LogP contribution >= 0.6 is 0 Å². The standard InChI is InChI=1S/C12H17N3/c1-2-3-9-13-11-15-14-10-12-7-5-4-6-8-12/h4-8,10-11H,2-3,9H2,1H3,(H,13,15). The number of hydrogen-bond donors (Lipinski definition) is 1. The fourth-order valence-corrected chi connectivity index (χ4v) is 1.04. The van der Waals surface area contributed by atoms with Crippen molar-refractivity contribution in [1.29, 1.82) is 0 Å². The Balaban J connectivity index is 2.20. The van der Waals surface area contributed by atoms with Gasteiger partial charge in [0.15, 0.2) is 0 Å². The van der Waals surface area contributed by atoms with Gasteiger partial charge >= 0.3 is 0 Å². The lowest BCUT2D eigenvalue weighted by Gasteiger charge is -1.92. The van der Waals surface area contributed by atoms with Crippen LogP contribution in [0.2, 0.25) is 0 Å². The Hall–Kier alpha value is -1.64. The van der Waals surface area contributed by atoms with Crippen LogP contribution in [-0.2, 0) is 0 Å². The molecule has 0 aliphatic carbocycles. The normalized spacial score (nSPS) is 11.3. The molecule has 0 fully saturated rings. The Labute approximate surface area is 90.9 Å². The SMILES string of the molecule is CCCCN=CNN=Cc1ccccc1. The van der Waals surface area contributed by atoms with E-state index >= 15 is 0 Å². The maximum atomic E-state index is 4.14. The molecule has 0 heterocycles. The first-order valence-electron chi connectivity index (χ1n) is 5.25. The monoisotopic (exact) mass is 203 g/mol. The molecule has 0 aliphatic rings. The lowest BCUT2D eigenvalue weighted by Crippen LogP contribution is -2.02. The molecule has 0 saturated heterocycles. The van der Waals surface area contributed by atoms with Crippen molar-refractivity contribution >= 4 is 12.6 Å². The van der Waals surface area contributed by atoms with Gasteiger partial charge in [-0.05, 0) is 12.0 Å². The number of hydrogen-bond acceptors (Lipinski definition) is 2. The van der Waals surface area contributed by atoms with Crippen LogP contribution in [0, 0.1) is 0 Å². The highest BCUT2D eigenvalue weighted by molar-refractivity contribution is 5.79. The van der Waals surface area contributed by atoms with Crippen LogP contribution in [-0.4, -0.2) is 19.1 Å². The molecule has 0 aromatic heterocycles. The molecular weight excluding hydrogens is 186 g/mol. The Bertz CT molecular complexity index is 304. The average molecular weight is 203 g/mol. The third kappa shape index (κ3) is 5.62. The fraction of sp³-hybridized carbons (Fsp3) is 0.333. The van der Waals surface area contributed by atoms with Gasteiger partial charge in [-0.3, -0.25) is 10.4 Å². The maximum absolute atomic E-state index is 4.14. The molecular formula is C12H17N3. The number of aliphatic imine (C=N–C) groups is 1. The van der Waals surface area contributed by atoms with Gasteiger partial charge in [0.1, 0.15) is 6.34 Å². The first-order valence-corrected chi connectivity index (χ1v) is 5.25. The third-order valence-electron chi connectivity index (χ3n) is 1.88. The minimum Gasteiger partial charge on any atom is -0.274 e. The molecule has 0 bridgehead atoms. The molecule has 0 aliphatic heterocycles. The van der Waals surface area contributed by atoms with Crippen LogP contribution in [0.1, 0.15) is 25.3 Å². The molecule has 0 atom stereocenters. The fourth-order valence-electron chi connectivity index (χ4n) is 1.04. The lowest BCUT2D eigenvalue weighted by molar-refractivity contribution is 0.806. The Morgan fingerprint density at radius 1 is 1.27 bits per heavy atom. The molecule has 15 heavy (non-hydrogen) atoms. The molecule has 3 heteroatoms. The predicted octanol–water partition coefficient (Wildman–Crippen LogP) is 2.44. The van der Waals surface area contributed by atoms with Crippen molar-refractivity contribution in [2.75, 3.05) is 6.54 Å². The van der Waals surface area contributed by atoms with Crippen molar-refractivity contribution in [2.45, 2.75) is 19.8 Å². The zero-order chi connectivity index (χ0) is 10.8. The average Bonchev–Trinajstić information content (AvgIpc) is 2.29. The predicted molar refractivity (Wildman–Crippen MR) is 65.4 cm³/mol. The van der Waals surface area contributed by atoms with E-state index in [0.717, 1.165) is 18.5 Å². The molecule has 0 spiro atoms. The second-order valence-electron chi connectivity index (χ2n) is 3.19. The lowest BCUT2D eigenvalue weighted by atomic mass is 10.2. The molecule has 1 aromatic carbocycles. The second-order valence-corrected chi connectivity index (χ2v) is 3.19. The summed E-state index contributed by atoms with van der Waals surface area (Å²) in [6.45, 7) is 3.01. The summed E-state index contributed by atoms with van der Waals surface area (Å²) in [5, 5.41) is 4.01. The van der Waals surface area contributed by atoms with Crippen molar-refractivity contribution in [1.82, 2.24) is 5.43 Å². The van der Waals surface area contributed by atoms with E-state index in [1.165, 1.54) is 6.42 Å². The second kappa shape index (κ2) is 7.74. The topological polar surface area (TPSA) is 36.8 Å². The number of hydrazone groups is 1. The van der Waals surface area contributed by atoms with Crippen LogP contribution in [0.5, 0.6) is 0 Å². The van der Waals surface area contributed by atoms with E-state index in [-0.39, 0.29) is 0 Å². The van der Waals surface area contributed by atoms with Crippen molar-refractivity contribution in [3.63, 3.8) is 0 Å². The molecule has 0 radical (unpaired) electrons. The summed E-state index contributed by atoms with van der Waals surface area (Å²) in [5.41, 5.74) is 3.85. The zero-order valence-corrected chi connectivity index (χ0v) is 9.06. The van der Waals surface area contributed by atoms with Crippen LogP contribution < -0.4 is 5.43 Å². The van der Waals surface area contributed by atoms with Crippen molar-refractivity contribution < 1.29 is 0 Å². The molecule has 3 nitrogen and oxygen atoms in total. The van der Waals surface area contributed by atoms with E-state index in [1.807, 2.05) is 30.3 Å². The molecule has 1 aromatic rings. The summed E-state index contributed by atoms with van der Waals surface area (Å²) in [6.07, 6.45) is 5.70. The van der Waals surface area contributed by atoms with Gasteiger partial charge in [-0.15, -0.1) is 0 Å². The number of benzene rings is 1. The van der Waals surface area contributed by atoms with Crippen molar-refractivity contribution in [3.8, 4) is 0 Å². The summed E-state index contributed by atoms with van der Waals surface area (Å²) in [7, 11) is 0. The quantitative estimate of drug-likeness (QED) is 0.328. The van der Waals surface area contributed by atoms with E-state index in [2.05, 4.69) is 22.4 Å². The Morgan fingerprint density at radius 2 is 2.07 bits per heavy atom. The molecule has 80 valence electrons. The zero-order valence-electron chi connectivity index (χ0n) is 9.06. The number of nitrogens with zero attached hydrogens (tertiary/aromatic N) is 2. The van der Waals surface area contributed by atoms with Gasteiger partial charge in [0.2, 0.25) is 0 Å². The molecule has 0 amide bonds. The van der Waals surface area contributed by atoms with E-state index in [4.69, 9.17) is 0 Å². The van der Waals surface area contributed by atoms with Gasteiger partial charge < -0.3 is 0 Å². The highest BCUT2D eigenvalue weighted by Crippen LogP contribution is 1.92. The van der Waals surface area contributed by atoms with Crippen LogP contribution in [0.25, 0.3) is 0 Å². The molecule has 0 saturated carbocycles.